The Kier molecular flexibility index (Phi) is 3.49. The summed E-state index contributed by atoms with van der Waals surface area (Å²) in [5.74, 6) is 0.892. The first-order valence-electron chi connectivity index (χ1n) is 4.81. The topological polar surface area (TPSA) is 20.2 Å². The molecule has 0 aromatic carbocycles. The molecule has 2 aliphatic carbocycles. The molecule has 2 bridgehead atoms. The summed E-state index contributed by atoms with van der Waals surface area (Å²) in [6.07, 6.45) is 12.3. The molecule has 2 aliphatic rings. The average molecular weight is 178 g/mol. The molecule has 13 heavy (non-hydrogen) atoms. The molecule has 1 saturated carbocycles. The van der Waals surface area contributed by atoms with Crippen molar-refractivity contribution in [2.24, 2.45) is 11.3 Å². The first-order valence-corrected chi connectivity index (χ1v) is 4.81. The quantitative estimate of drug-likeness (QED) is 0.644. The van der Waals surface area contributed by atoms with Crippen LogP contribution in [-0.4, -0.2) is 11.7 Å². The Labute approximate surface area is 80.5 Å². The van der Waals surface area contributed by atoms with Gasteiger partial charge in [-0.3, -0.25) is 0 Å². The Morgan fingerprint density at radius 2 is 2.23 bits per heavy atom. The second-order valence-corrected chi connectivity index (χ2v) is 3.77. The molecule has 1 heteroatoms. The lowest BCUT2D eigenvalue weighted by molar-refractivity contribution is 0.343. The van der Waals surface area contributed by atoms with E-state index in [0.29, 0.717) is 5.41 Å². The standard InChI is InChI=1S/C9H12.C3H6O/c1-2-9-5-3-8(7-9)4-6-9;1-2-3-4/h2-3,5,8H,1,4,6-7H2;2,4H,1,3H2. The molecule has 0 saturated heterocycles. The largest absolute Gasteiger partial charge is 0.392 e. The number of aliphatic hydroxyl groups excluding tert-OH is 1. The zero-order chi connectivity index (χ0) is 9.73. The Bertz CT molecular complexity index is 217. The molecule has 0 spiro atoms. The van der Waals surface area contributed by atoms with Crippen molar-refractivity contribution in [2.45, 2.75) is 19.3 Å². The molecule has 0 aromatic rings. The molecule has 0 heterocycles. The number of allylic oxidation sites excluding steroid dienone is 3. The van der Waals surface area contributed by atoms with E-state index in [0.717, 1.165) is 5.92 Å². The predicted molar refractivity (Wildman–Crippen MR) is 56.4 cm³/mol. The Balaban J connectivity index is 0.000000184. The molecule has 0 aliphatic heterocycles. The van der Waals surface area contributed by atoms with Crippen LogP contribution in [0.15, 0.2) is 37.5 Å². The third-order valence-corrected chi connectivity index (χ3v) is 2.86. The Morgan fingerprint density at radius 3 is 2.38 bits per heavy atom. The van der Waals surface area contributed by atoms with Crippen LogP contribution < -0.4 is 0 Å². The fourth-order valence-corrected chi connectivity index (χ4v) is 2.04. The van der Waals surface area contributed by atoms with Crippen LogP contribution in [0.5, 0.6) is 0 Å². The Morgan fingerprint density at radius 1 is 1.54 bits per heavy atom. The van der Waals surface area contributed by atoms with E-state index in [1.54, 1.807) is 0 Å². The predicted octanol–water partition coefficient (Wildman–Crippen LogP) is 2.69. The summed E-state index contributed by atoms with van der Waals surface area (Å²) in [4.78, 5) is 0. The summed E-state index contributed by atoms with van der Waals surface area (Å²) in [5.41, 5.74) is 0.435. The van der Waals surface area contributed by atoms with Gasteiger partial charge in [-0.15, -0.1) is 13.2 Å². The van der Waals surface area contributed by atoms with Crippen molar-refractivity contribution >= 4 is 0 Å². The summed E-state index contributed by atoms with van der Waals surface area (Å²) < 4.78 is 0. The normalized spacial score (nSPS) is 33.8. The fraction of sp³-hybridized carbons (Fsp3) is 0.500. The molecule has 2 unspecified atom stereocenters. The molecule has 72 valence electrons. The molecule has 1 fully saturated rings. The summed E-state index contributed by atoms with van der Waals surface area (Å²) in [5, 5.41) is 7.76. The number of hydrogen-bond donors (Lipinski definition) is 1. The lowest BCUT2D eigenvalue weighted by Gasteiger charge is -2.16. The highest BCUT2D eigenvalue weighted by Crippen LogP contribution is 2.49. The van der Waals surface area contributed by atoms with E-state index in [-0.39, 0.29) is 6.61 Å². The van der Waals surface area contributed by atoms with Crippen LogP contribution in [-0.2, 0) is 0 Å². The van der Waals surface area contributed by atoms with Gasteiger partial charge in [-0.1, -0.05) is 24.3 Å². The van der Waals surface area contributed by atoms with Gasteiger partial charge in [0.25, 0.3) is 0 Å². The minimum atomic E-state index is 0.0833. The third kappa shape index (κ3) is 2.31. The highest BCUT2D eigenvalue weighted by molar-refractivity contribution is 5.21. The van der Waals surface area contributed by atoms with Crippen LogP contribution >= 0.6 is 0 Å². The second kappa shape index (κ2) is 4.43. The van der Waals surface area contributed by atoms with Crippen LogP contribution in [0.2, 0.25) is 0 Å². The maximum atomic E-state index is 7.76. The molecular weight excluding hydrogens is 160 g/mol. The zero-order valence-electron chi connectivity index (χ0n) is 8.08. The van der Waals surface area contributed by atoms with Crippen LogP contribution in [0.3, 0.4) is 0 Å². The van der Waals surface area contributed by atoms with Gasteiger partial charge in [0.2, 0.25) is 0 Å². The SMILES string of the molecule is C=CC12C=CC(CC1)C2.C=CCO. The van der Waals surface area contributed by atoms with E-state index in [4.69, 9.17) is 5.11 Å². The third-order valence-electron chi connectivity index (χ3n) is 2.86. The van der Waals surface area contributed by atoms with Crippen molar-refractivity contribution in [1.82, 2.24) is 0 Å². The van der Waals surface area contributed by atoms with Crippen molar-refractivity contribution in [3.63, 3.8) is 0 Å². The molecule has 0 radical (unpaired) electrons. The van der Waals surface area contributed by atoms with Gasteiger partial charge in [0.05, 0.1) is 6.61 Å². The second-order valence-electron chi connectivity index (χ2n) is 3.77. The molecular formula is C12H18O. The first kappa shape index (κ1) is 10.3. The van der Waals surface area contributed by atoms with E-state index in [1.165, 1.54) is 25.3 Å². The summed E-state index contributed by atoms with van der Waals surface area (Å²) in [6, 6.07) is 0. The monoisotopic (exact) mass is 178 g/mol. The van der Waals surface area contributed by atoms with Crippen molar-refractivity contribution < 1.29 is 5.11 Å². The van der Waals surface area contributed by atoms with Crippen LogP contribution in [0.25, 0.3) is 0 Å². The van der Waals surface area contributed by atoms with E-state index >= 15 is 0 Å². The maximum absolute atomic E-state index is 7.76. The van der Waals surface area contributed by atoms with Crippen LogP contribution in [0, 0.1) is 11.3 Å². The molecule has 0 aromatic heterocycles. The number of rotatable bonds is 2. The van der Waals surface area contributed by atoms with Crippen molar-refractivity contribution in [3.05, 3.63) is 37.5 Å². The smallest absolute Gasteiger partial charge is 0.0609 e. The van der Waals surface area contributed by atoms with E-state index in [2.05, 4.69) is 31.4 Å². The molecule has 2 rings (SSSR count). The number of aliphatic hydroxyl groups is 1. The number of hydrogen-bond acceptors (Lipinski definition) is 1. The van der Waals surface area contributed by atoms with Crippen molar-refractivity contribution in [2.75, 3.05) is 6.61 Å². The van der Waals surface area contributed by atoms with Crippen LogP contribution in [0.1, 0.15) is 19.3 Å². The van der Waals surface area contributed by atoms with E-state index in [9.17, 15) is 0 Å². The lowest BCUT2D eigenvalue weighted by Crippen LogP contribution is -2.05. The highest BCUT2D eigenvalue weighted by Gasteiger charge is 2.37. The minimum absolute atomic E-state index is 0.0833. The van der Waals surface area contributed by atoms with Crippen LogP contribution in [0.4, 0.5) is 0 Å². The van der Waals surface area contributed by atoms with Crippen molar-refractivity contribution in [3.8, 4) is 0 Å². The molecule has 2 atom stereocenters. The Hall–Kier alpha value is -0.820. The first-order chi connectivity index (χ1) is 6.26. The van der Waals surface area contributed by atoms with Gasteiger partial charge in [0.1, 0.15) is 0 Å². The van der Waals surface area contributed by atoms with Gasteiger partial charge in [-0.05, 0) is 25.2 Å². The highest BCUT2D eigenvalue weighted by atomic mass is 16.2. The minimum Gasteiger partial charge on any atom is -0.392 e. The fourth-order valence-electron chi connectivity index (χ4n) is 2.04. The summed E-state index contributed by atoms with van der Waals surface area (Å²) in [6.45, 7) is 7.17. The van der Waals surface area contributed by atoms with Gasteiger partial charge in [-0.25, -0.2) is 0 Å². The zero-order valence-corrected chi connectivity index (χ0v) is 8.08. The molecule has 1 N–H and O–H groups in total. The molecule has 0 amide bonds. The number of fused-ring (bicyclic) bond motifs is 2. The van der Waals surface area contributed by atoms with E-state index in [1.807, 2.05) is 0 Å². The molecule has 1 nitrogen and oxygen atoms in total. The maximum Gasteiger partial charge on any atom is 0.0609 e. The van der Waals surface area contributed by atoms with Gasteiger partial charge < -0.3 is 5.11 Å². The van der Waals surface area contributed by atoms with Gasteiger partial charge >= 0.3 is 0 Å². The van der Waals surface area contributed by atoms with Gasteiger partial charge in [0.15, 0.2) is 0 Å². The van der Waals surface area contributed by atoms with E-state index < -0.39 is 0 Å². The average Bonchev–Trinajstić information content (AvgIpc) is 2.78. The summed E-state index contributed by atoms with van der Waals surface area (Å²) >= 11 is 0. The van der Waals surface area contributed by atoms with Crippen molar-refractivity contribution in [1.29, 1.82) is 0 Å². The van der Waals surface area contributed by atoms with Gasteiger partial charge in [-0.2, -0.15) is 0 Å². The lowest BCUT2D eigenvalue weighted by atomic mass is 9.88. The van der Waals surface area contributed by atoms with Gasteiger partial charge in [0, 0.05) is 5.41 Å². The summed E-state index contributed by atoms with van der Waals surface area (Å²) in [7, 11) is 0.